The Labute approximate surface area is 100 Å². The van der Waals surface area contributed by atoms with Crippen LogP contribution in [-0.2, 0) is 14.3 Å². The molecule has 1 saturated heterocycles. The van der Waals surface area contributed by atoms with Crippen molar-refractivity contribution in [1.29, 1.82) is 0 Å². The molecule has 0 radical (unpaired) electrons. The fraction of sp³-hybridized carbons (Fsp3) is 0.909. The van der Waals surface area contributed by atoms with Crippen molar-refractivity contribution in [3.8, 4) is 0 Å². The number of rotatable bonds is 6. The third-order valence-electron chi connectivity index (χ3n) is 2.75. The molecule has 0 aromatic carbocycles. The molecule has 1 heterocycles. The normalized spacial score (nSPS) is 33.6. The summed E-state index contributed by atoms with van der Waals surface area (Å²) in [4.78, 5) is 10.3. The number of carboxylic acid groups (broad SMARTS) is 1. The van der Waals surface area contributed by atoms with Gasteiger partial charge in [-0.1, -0.05) is 0 Å². The van der Waals surface area contributed by atoms with Crippen molar-refractivity contribution in [3.05, 3.63) is 0 Å². The van der Waals surface area contributed by atoms with Gasteiger partial charge in [-0.2, -0.15) is 0 Å². The van der Waals surface area contributed by atoms with Gasteiger partial charge in [0, 0.05) is 19.4 Å². The molecule has 4 atom stereocenters. The van der Waals surface area contributed by atoms with Gasteiger partial charge >= 0.3 is 5.97 Å². The number of hydrogen-bond donors (Lipinski definition) is 3. The maximum atomic E-state index is 10.3. The van der Waals surface area contributed by atoms with Crippen molar-refractivity contribution >= 4 is 5.97 Å². The summed E-state index contributed by atoms with van der Waals surface area (Å²) in [6.07, 6.45) is -1.09. The molecule has 1 aliphatic rings. The molecule has 0 amide bonds. The second kappa shape index (κ2) is 6.90. The molecular weight excluding hydrogens is 228 g/mol. The van der Waals surface area contributed by atoms with Crippen LogP contribution in [-0.4, -0.2) is 52.5 Å². The quantitative estimate of drug-likeness (QED) is 0.577. The summed E-state index contributed by atoms with van der Waals surface area (Å²) in [7, 11) is 0. The summed E-state index contributed by atoms with van der Waals surface area (Å²) in [5.74, 6) is -0.823. The second-order valence-corrected chi connectivity index (χ2v) is 4.30. The van der Waals surface area contributed by atoms with Crippen LogP contribution in [0.5, 0.6) is 0 Å². The fourth-order valence-corrected chi connectivity index (χ4v) is 1.67. The molecule has 0 aromatic heterocycles. The lowest BCUT2D eigenvalue weighted by molar-refractivity contribution is -0.261. The first kappa shape index (κ1) is 14.4. The van der Waals surface area contributed by atoms with Gasteiger partial charge in [0.05, 0.1) is 12.2 Å². The summed E-state index contributed by atoms with van der Waals surface area (Å²) in [6.45, 7) is 2.06. The van der Waals surface area contributed by atoms with Crippen molar-refractivity contribution in [2.75, 3.05) is 6.61 Å². The summed E-state index contributed by atoms with van der Waals surface area (Å²) in [5.41, 5.74) is 0. The summed E-state index contributed by atoms with van der Waals surface area (Å²) in [5, 5.41) is 27.5. The van der Waals surface area contributed by atoms with Crippen LogP contribution in [0, 0.1) is 0 Å². The lowest BCUT2D eigenvalue weighted by Gasteiger charge is -2.35. The number of unbranched alkanes of at least 4 members (excludes halogenated alkanes) is 1. The highest BCUT2D eigenvalue weighted by molar-refractivity contribution is 5.66. The van der Waals surface area contributed by atoms with Crippen LogP contribution < -0.4 is 0 Å². The summed E-state index contributed by atoms with van der Waals surface area (Å²) in [6, 6.07) is 0. The molecular formula is C11H20O6. The second-order valence-electron chi connectivity index (χ2n) is 4.30. The van der Waals surface area contributed by atoms with Gasteiger partial charge in [-0.05, 0) is 19.8 Å². The number of aliphatic hydroxyl groups excluding tert-OH is 2. The number of aliphatic hydroxyl groups is 2. The smallest absolute Gasteiger partial charge is 0.303 e. The topological polar surface area (TPSA) is 96.2 Å². The van der Waals surface area contributed by atoms with E-state index in [1.807, 2.05) is 0 Å². The number of hydrogen-bond acceptors (Lipinski definition) is 5. The molecule has 3 N–H and O–H groups in total. The van der Waals surface area contributed by atoms with E-state index in [0.29, 0.717) is 19.4 Å². The molecule has 1 rings (SSSR count). The molecule has 0 aromatic rings. The van der Waals surface area contributed by atoms with Crippen LogP contribution in [0.1, 0.15) is 32.6 Å². The largest absolute Gasteiger partial charge is 0.481 e. The van der Waals surface area contributed by atoms with Crippen LogP contribution in [0.3, 0.4) is 0 Å². The fourth-order valence-electron chi connectivity index (χ4n) is 1.67. The first-order valence-electron chi connectivity index (χ1n) is 5.85. The Bertz CT molecular complexity index is 244. The molecule has 1 aliphatic heterocycles. The van der Waals surface area contributed by atoms with E-state index in [1.54, 1.807) is 6.92 Å². The molecule has 0 bridgehead atoms. The van der Waals surface area contributed by atoms with Crippen LogP contribution in [0.15, 0.2) is 0 Å². The standard InChI is InChI=1S/C11H20O6/c1-7-8(12)6-9(13)11(17-7)16-5-3-2-4-10(14)15/h7-9,11-13H,2-6H2,1H3,(H,14,15)/t7?,8-,9+,11-/m1/s1. The number of carbonyl (C=O) groups is 1. The van der Waals surface area contributed by atoms with E-state index in [-0.39, 0.29) is 18.9 Å². The Balaban J connectivity index is 2.16. The average Bonchev–Trinajstić information content (AvgIpc) is 2.24. The highest BCUT2D eigenvalue weighted by Gasteiger charge is 2.34. The maximum Gasteiger partial charge on any atom is 0.303 e. The Morgan fingerprint density at radius 2 is 2.06 bits per heavy atom. The molecule has 6 nitrogen and oxygen atoms in total. The first-order valence-corrected chi connectivity index (χ1v) is 5.85. The van der Waals surface area contributed by atoms with Crippen molar-refractivity contribution in [2.24, 2.45) is 0 Å². The minimum absolute atomic E-state index is 0.118. The lowest BCUT2D eigenvalue weighted by atomic mass is 10.0. The van der Waals surface area contributed by atoms with Gasteiger partial charge in [-0.3, -0.25) is 4.79 Å². The number of carboxylic acids is 1. The molecule has 1 unspecified atom stereocenters. The summed E-state index contributed by atoms with van der Waals surface area (Å²) >= 11 is 0. The highest BCUT2D eigenvalue weighted by atomic mass is 16.7. The van der Waals surface area contributed by atoms with Gasteiger partial charge in [0.15, 0.2) is 6.29 Å². The Morgan fingerprint density at radius 3 is 2.71 bits per heavy atom. The van der Waals surface area contributed by atoms with Gasteiger partial charge < -0.3 is 24.8 Å². The van der Waals surface area contributed by atoms with Gasteiger partial charge in [0.1, 0.15) is 6.10 Å². The SMILES string of the molecule is CC1O[C@@H](OCCCCC(=O)O)[C@@H](O)C[C@H]1O. The Morgan fingerprint density at radius 1 is 1.35 bits per heavy atom. The van der Waals surface area contributed by atoms with Crippen molar-refractivity contribution in [1.82, 2.24) is 0 Å². The van der Waals surface area contributed by atoms with E-state index >= 15 is 0 Å². The molecule has 6 heteroatoms. The predicted octanol–water partition coefficient (Wildman–Crippen LogP) is 0.115. The third kappa shape index (κ3) is 4.99. The lowest BCUT2D eigenvalue weighted by Crippen LogP contribution is -2.47. The van der Waals surface area contributed by atoms with E-state index in [1.165, 1.54) is 0 Å². The van der Waals surface area contributed by atoms with E-state index in [2.05, 4.69) is 0 Å². The molecule has 0 saturated carbocycles. The van der Waals surface area contributed by atoms with Crippen LogP contribution >= 0.6 is 0 Å². The highest BCUT2D eigenvalue weighted by Crippen LogP contribution is 2.21. The number of ether oxygens (including phenoxy) is 2. The minimum atomic E-state index is -0.833. The minimum Gasteiger partial charge on any atom is -0.481 e. The molecule has 17 heavy (non-hydrogen) atoms. The van der Waals surface area contributed by atoms with E-state index in [0.717, 1.165) is 0 Å². The van der Waals surface area contributed by atoms with Crippen molar-refractivity contribution in [3.63, 3.8) is 0 Å². The third-order valence-corrected chi connectivity index (χ3v) is 2.75. The maximum absolute atomic E-state index is 10.3. The van der Waals surface area contributed by atoms with Crippen LogP contribution in [0.25, 0.3) is 0 Å². The number of aliphatic carboxylic acids is 1. The van der Waals surface area contributed by atoms with Crippen molar-refractivity contribution in [2.45, 2.75) is 57.2 Å². The first-order chi connectivity index (χ1) is 8.00. The zero-order valence-corrected chi connectivity index (χ0v) is 9.91. The average molecular weight is 248 g/mol. The predicted molar refractivity (Wildman–Crippen MR) is 58.4 cm³/mol. The van der Waals surface area contributed by atoms with E-state index < -0.39 is 24.5 Å². The zero-order valence-electron chi connectivity index (χ0n) is 9.91. The van der Waals surface area contributed by atoms with Gasteiger partial charge in [-0.15, -0.1) is 0 Å². The van der Waals surface area contributed by atoms with Gasteiger partial charge in [-0.25, -0.2) is 0 Å². The van der Waals surface area contributed by atoms with Crippen LogP contribution in [0.4, 0.5) is 0 Å². The van der Waals surface area contributed by atoms with Crippen LogP contribution in [0.2, 0.25) is 0 Å². The molecule has 0 aliphatic carbocycles. The van der Waals surface area contributed by atoms with E-state index in [4.69, 9.17) is 14.6 Å². The van der Waals surface area contributed by atoms with E-state index in [9.17, 15) is 15.0 Å². The monoisotopic (exact) mass is 248 g/mol. The molecule has 1 fully saturated rings. The zero-order chi connectivity index (χ0) is 12.8. The Kier molecular flexibility index (Phi) is 5.84. The summed E-state index contributed by atoms with van der Waals surface area (Å²) < 4.78 is 10.6. The Hall–Kier alpha value is -0.690. The van der Waals surface area contributed by atoms with Crippen molar-refractivity contribution < 1.29 is 29.6 Å². The van der Waals surface area contributed by atoms with Gasteiger partial charge in [0.25, 0.3) is 0 Å². The van der Waals surface area contributed by atoms with Gasteiger partial charge in [0.2, 0.25) is 0 Å². The molecule has 100 valence electrons. The molecule has 0 spiro atoms.